The maximum absolute atomic E-state index is 10.6. The Morgan fingerprint density at radius 3 is 2.44 bits per heavy atom. The first kappa shape index (κ1) is 9.76. The van der Waals surface area contributed by atoms with Gasteiger partial charge in [-0.1, -0.05) is 5.21 Å². The predicted molar refractivity (Wildman–Crippen MR) is 48.9 cm³/mol. The normalized spacial score (nSPS) is 10.5. The van der Waals surface area contributed by atoms with Crippen molar-refractivity contribution >= 4 is 22.4 Å². The van der Waals surface area contributed by atoms with Crippen LogP contribution < -0.4 is 0 Å². The van der Waals surface area contributed by atoms with Gasteiger partial charge in [-0.3, -0.25) is 25.3 Å². The lowest BCUT2D eigenvalue weighted by atomic mass is 10.2. The quantitative estimate of drug-likeness (QED) is 0.557. The molecule has 0 saturated heterocycles. The number of fused-ring (bicyclic) bond motifs is 1. The van der Waals surface area contributed by atoms with Crippen molar-refractivity contribution in [1.29, 1.82) is 0 Å². The number of nitro benzene ring substituents is 2. The summed E-state index contributed by atoms with van der Waals surface area (Å²) < 4.78 is 0. The van der Waals surface area contributed by atoms with Gasteiger partial charge in [0.05, 0.1) is 9.85 Å². The zero-order valence-corrected chi connectivity index (χ0v) is 7.45. The Labute approximate surface area is 85.8 Å². The van der Waals surface area contributed by atoms with Crippen LogP contribution in [0.25, 0.3) is 11.0 Å². The topological polar surface area (TPSA) is 148 Å². The lowest BCUT2D eigenvalue weighted by Gasteiger charge is -1.97. The molecule has 0 saturated carbocycles. The Morgan fingerprint density at radius 2 is 1.88 bits per heavy atom. The summed E-state index contributed by atoms with van der Waals surface area (Å²) in [5.41, 5.74) is -1.81. The minimum Gasteiger partial charge on any atom is -0.500 e. The van der Waals surface area contributed by atoms with E-state index in [1.165, 1.54) is 0 Å². The van der Waals surface area contributed by atoms with E-state index < -0.39 is 27.0 Å². The van der Waals surface area contributed by atoms with Crippen molar-refractivity contribution in [2.24, 2.45) is 0 Å². The molecule has 0 aliphatic carbocycles. The zero-order valence-electron chi connectivity index (χ0n) is 7.45. The van der Waals surface area contributed by atoms with Gasteiger partial charge in [-0.25, -0.2) is 0 Å². The molecule has 0 bridgehead atoms. The molecule has 0 fully saturated rings. The first-order valence-corrected chi connectivity index (χ1v) is 3.88. The molecule has 2 rings (SSSR count). The van der Waals surface area contributed by atoms with Crippen molar-refractivity contribution in [1.82, 2.24) is 15.4 Å². The van der Waals surface area contributed by atoms with Gasteiger partial charge < -0.3 is 5.11 Å². The Morgan fingerprint density at radius 1 is 1.25 bits per heavy atom. The van der Waals surface area contributed by atoms with Crippen LogP contribution in [0.3, 0.4) is 0 Å². The van der Waals surface area contributed by atoms with Crippen molar-refractivity contribution < 1.29 is 15.0 Å². The van der Waals surface area contributed by atoms with Crippen LogP contribution in [0, 0.1) is 20.2 Å². The summed E-state index contributed by atoms with van der Waals surface area (Å²) in [6.45, 7) is 0. The molecule has 2 aromatic rings. The second-order valence-electron chi connectivity index (χ2n) is 2.81. The van der Waals surface area contributed by atoms with E-state index in [0.717, 1.165) is 0 Å². The van der Waals surface area contributed by atoms with E-state index in [9.17, 15) is 25.3 Å². The second kappa shape index (κ2) is 3.12. The molecule has 16 heavy (non-hydrogen) atoms. The summed E-state index contributed by atoms with van der Waals surface area (Å²) in [5, 5.41) is 39.4. The van der Waals surface area contributed by atoms with Gasteiger partial charge in [0.1, 0.15) is 6.07 Å². The second-order valence-corrected chi connectivity index (χ2v) is 2.81. The van der Waals surface area contributed by atoms with Crippen LogP contribution in [0.1, 0.15) is 0 Å². The van der Waals surface area contributed by atoms with Gasteiger partial charge in [-0.05, 0) is 0 Å². The average Bonchev–Trinajstić information content (AvgIpc) is 2.66. The number of hydrogen-bond acceptors (Lipinski definition) is 7. The highest BCUT2D eigenvalue weighted by Gasteiger charge is 2.27. The zero-order chi connectivity index (χ0) is 11.9. The monoisotopic (exact) mass is 225 g/mol. The molecule has 0 aliphatic heterocycles. The Balaban J connectivity index is 2.90. The summed E-state index contributed by atoms with van der Waals surface area (Å²) in [6.07, 6.45) is 0. The number of phenolic OH excluding ortho intramolecular Hbond substituents is 1. The van der Waals surface area contributed by atoms with Gasteiger partial charge in [0.15, 0.2) is 11.0 Å². The van der Waals surface area contributed by atoms with E-state index >= 15 is 0 Å². The average molecular weight is 225 g/mol. The first-order chi connectivity index (χ1) is 7.52. The molecule has 1 aromatic heterocycles. The summed E-state index contributed by atoms with van der Waals surface area (Å²) in [5.74, 6) is -0.751. The highest BCUT2D eigenvalue weighted by Crippen LogP contribution is 2.37. The fraction of sp³-hybridized carbons (Fsp3) is 0. The van der Waals surface area contributed by atoms with E-state index in [-0.39, 0.29) is 11.0 Å². The molecular formula is C6H3N5O5. The first-order valence-electron chi connectivity index (χ1n) is 3.88. The molecule has 0 atom stereocenters. The van der Waals surface area contributed by atoms with Gasteiger partial charge in [0.25, 0.3) is 0 Å². The summed E-state index contributed by atoms with van der Waals surface area (Å²) in [7, 11) is 0. The van der Waals surface area contributed by atoms with Gasteiger partial charge >= 0.3 is 11.4 Å². The number of nitrogens with zero attached hydrogens (tertiary/aromatic N) is 4. The van der Waals surface area contributed by atoms with Crippen molar-refractivity contribution in [2.75, 3.05) is 0 Å². The minimum absolute atomic E-state index is 0.159. The van der Waals surface area contributed by atoms with Crippen LogP contribution in [-0.4, -0.2) is 30.4 Å². The lowest BCUT2D eigenvalue weighted by Crippen LogP contribution is -1.94. The van der Waals surface area contributed by atoms with Crippen LogP contribution in [0.15, 0.2) is 6.07 Å². The van der Waals surface area contributed by atoms with Crippen LogP contribution in [0.5, 0.6) is 5.75 Å². The number of phenols is 1. The van der Waals surface area contributed by atoms with E-state index in [0.29, 0.717) is 6.07 Å². The van der Waals surface area contributed by atoms with Gasteiger partial charge in [-0.15, -0.1) is 5.10 Å². The molecule has 0 spiro atoms. The van der Waals surface area contributed by atoms with Crippen molar-refractivity contribution in [3.63, 3.8) is 0 Å². The minimum atomic E-state index is -0.934. The summed E-state index contributed by atoms with van der Waals surface area (Å²) >= 11 is 0. The maximum atomic E-state index is 10.6. The third-order valence-corrected chi connectivity index (χ3v) is 1.94. The molecule has 0 aliphatic rings. The number of aromatic hydroxyl groups is 1. The van der Waals surface area contributed by atoms with Crippen LogP contribution >= 0.6 is 0 Å². The highest BCUT2D eigenvalue weighted by molar-refractivity contribution is 5.92. The van der Waals surface area contributed by atoms with Gasteiger partial charge in [0, 0.05) is 0 Å². The van der Waals surface area contributed by atoms with Crippen molar-refractivity contribution in [3.8, 4) is 5.75 Å². The number of benzene rings is 1. The standard InChI is InChI=1S/C6H3N5O5/c12-6-3(11(15)16)1-2(10(13)14)4-5(6)8-9-7-4/h1,12H,(H,7,8,9). The number of aromatic nitrogens is 3. The molecule has 0 unspecified atom stereocenters. The third-order valence-electron chi connectivity index (χ3n) is 1.94. The molecule has 10 heteroatoms. The Bertz CT molecular complexity index is 605. The number of aromatic amines is 1. The molecular weight excluding hydrogens is 222 g/mol. The van der Waals surface area contributed by atoms with E-state index in [4.69, 9.17) is 0 Å². The number of rotatable bonds is 2. The van der Waals surface area contributed by atoms with Crippen LogP contribution in [0.2, 0.25) is 0 Å². The number of nitrogens with one attached hydrogen (secondary N) is 1. The maximum Gasteiger partial charge on any atom is 0.320 e. The van der Waals surface area contributed by atoms with E-state index in [1.54, 1.807) is 0 Å². The number of nitro groups is 2. The third kappa shape index (κ3) is 1.20. The summed E-state index contributed by atoms with van der Waals surface area (Å²) in [4.78, 5) is 19.4. The smallest absolute Gasteiger partial charge is 0.320 e. The number of non-ortho nitro benzene ring substituents is 1. The Kier molecular flexibility index (Phi) is 1.90. The van der Waals surface area contributed by atoms with Crippen LogP contribution in [-0.2, 0) is 0 Å². The van der Waals surface area contributed by atoms with Gasteiger partial charge in [0.2, 0.25) is 5.75 Å². The molecule has 82 valence electrons. The Hall–Kier alpha value is -2.78. The number of H-pyrrole nitrogens is 1. The predicted octanol–water partition coefficient (Wildman–Crippen LogP) is 0.480. The van der Waals surface area contributed by atoms with Gasteiger partial charge in [-0.2, -0.15) is 0 Å². The lowest BCUT2D eigenvalue weighted by molar-refractivity contribution is -0.393. The molecule has 1 aromatic carbocycles. The SMILES string of the molecule is O=[N+]([O-])c1cc([N+](=O)[O-])c2[nH]nnc2c1O. The molecule has 1 heterocycles. The fourth-order valence-corrected chi connectivity index (χ4v) is 1.25. The number of hydrogen-bond donors (Lipinski definition) is 2. The van der Waals surface area contributed by atoms with E-state index in [2.05, 4.69) is 15.4 Å². The van der Waals surface area contributed by atoms with Crippen molar-refractivity contribution in [2.45, 2.75) is 0 Å². The van der Waals surface area contributed by atoms with Crippen LogP contribution in [0.4, 0.5) is 11.4 Å². The molecule has 0 radical (unpaired) electrons. The highest BCUT2D eigenvalue weighted by atomic mass is 16.6. The molecule has 10 nitrogen and oxygen atoms in total. The van der Waals surface area contributed by atoms with Crippen molar-refractivity contribution in [3.05, 3.63) is 26.3 Å². The fourth-order valence-electron chi connectivity index (χ4n) is 1.25. The summed E-state index contributed by atoms with van der Waals surface area (Å²) in [6, 6.07) is 0.650. The molecule has 0 amide bonds. The van der Waals surface area contributed by atoms with E-state index in [1.807, 2.05) is 0 Å². The molecule has 2 N–H and O–H groups in total. The largest absolute Gasteiger partial charge is 0.500 e.